The summed E-state index contributed by atoms with van der Waals surface area (Å²) in [5, 5.41) is 20.0. The number of aliphatic hydroxyl groups is 1. The van der Waals surface area contributed by atoms with Gasteiger partial charge in [0.05, 0.1) is 12.3 Å². The molecule has 0 spiro atoms. The lowest BCUT2D eigenvalue weighted by molar-refractivity contribution is 0.275. The molecule has 1 aromatic heterocycles. The van der Waals surface area contributed by atoms with E-state index in [1.165, 1.54) is 6.07 Å². The number of rotatable bonds is 7. The van der Waals surface area contributed by atoms with Crippen molar-refractivity contribution < 1.29 is 9.50 Å². The van der Waals surface area contributed by atoms with Gasteiger partial charge >= 0.3 is 0 Å². The quantitative estimate of drug-likeness (QED) is 0.249. The Bertz CT molecular complexity index is 732. The van der Waals surface area contributed by atoms with Gasteiger partial charge in [0.2, 0.25) is 0 Å². The van der Waals surface area contributed by atoms with Crippen LogP contribution < -0.4 is 10.6 Å². The number of halogens is 2. The van der Waals surface area contributed by atoms with Crippen LogP contribution in [0.15, 0.2) is 29.3 Å². The molecule has 6 nitrogen and oxygen atoms in total. The number of hydrogen-bond acceptors (Lipinski definition) is 3. The van der Waals surface area contributed by atoms with Crippen molar-refractivity contribution in [1.29, 1.82) is 0 Å². The number of aromatic nitrogens is 2. The van der Waals surface area contributed by atoms with Gasteiger partial charge in [-0.3, -0.25) is 9.67 Å². The van der Waals surface area contributed by atoms with Gasteiger partial charge in [-0.2, -0.15) is 5.10 Å². The van der Waals surface area contributed by atoms with E-state index in [4.69, 9.17) is 5.11 Å². The van der Waals surface area contributed by atoms with E-state index < -0.39 is 5.82 Å². The molecule has 0 bridgehead atoms. The van der Waals surface area contributed by atoms with E-state index in [9.17, 15) is 4.39 Å². The Morgan fingerprint density at radius 1 is 1.27 bits per heavy atom. The van der Waals surface area contributed by atoms with E-state index in [1.54, 1.807) is 19.2 Å². The predicted octanol–water partition coefficient (Wildman–Crippen LogP) is 2.50. The van der Waals surface area contributed by atoms with Crippen molar-refractivity contribution in [3.63, 3.8) is 0 Å². The van der Waals surface area contributed by atoms with E-state index in [-0.39, 0.29) is 30.6 Å². The molecule has 0 aliphatic carbocycles. The molecule has 0 fully saturated rings. The fourth-order valence-corrected chi connectivity index (χ4v) is 2.60. The van der Waals surface area contributed by atoms with Crippen LogP contribution in [0.4, 0.5) is 4.39 Å². The lowest BCUT2D eigenvalue weighted by Gasteiger charge is -2.13. The molecular weight excluding hydrogens is 448 g/mol. The third-order valence-corrected chi connectivity index (χ3v) is 3.91. The molecular formula is C18H27FIN5O. The number of aryl methyl sites for hydroxylation is 3. The summed E-state index contributed by atoms with van der Waals surface area (Å²) in [7, 11) is 1.71. The average Bonchev–Trinajstić information content (AvgIpc) is 2.92. The zero-order valence-electron chi connectivity index (χ0n) is 15.4. The first-order valence-corrected chi connectivity index (χ1v) is 8.37. The van der Waals surface area contributed by atoms with Crippen LogP contribution in [-0.2, 0) is 19.7 Å². The minimum Gasteiger partial charge on any atom is -0.392 e. The third kappa shape index (κ3) is 6.56. The summed E-state index contributed by atoms with van der Waals surface area (Å²) in [4.78, 5) is 4.18. The number of nitrogens with zero attached hydrogens (tertiary/aromatic N) is 3. The van der Waals surface area contributed by atoms with Crippen LogP contribution in [0.5, 0.6) is 0 Å². The standard InChI is InChI=1S/C18H26FN5O.HI/c1-13-9-14(2)24(23-13)8-4-7-21-18(20-3)22-11-15-5-6-17(19)16(10-15)12-25;/h5-6,9-10,25H,4,7-8,11-12H2,1-3H3,(H2,20,21,22);1H. The van der Waals surface area contributed by atoms with E-state index in [0.717, 1.165) is 36.5 Å². The molecule has 144 valence electrons. The van der Waals surface area contributed by atoms with E-state index in [1.807, 2.05) is 11.6 Å². The second kappa shape index (κ2) is 11.1. The van der Waals surface area contributed by atoms with Crippen molar-refractivity contribution in [3.05, 3.63) is 52.6 Å². The molecule has 1 heterocycles. The zero-order chi connectivity index (χ0) is 18.2. The van der Waals surface area contributed by atoms with Gasteiger partial charge in [-0.05, 0) is 44.0 Å². The topological polar surface area (TPSA) is 74.5 Å². The van der Waals surface area contributed by atoms with Gasteiger partial charge in [0, 0.05) is 37.9 Å². The van der Waals surface area contributed by atoms with E-state index >= 15 is 0 Å². The second-order valence-corrected chi connectivity index (χ2v) is 5.94. The minimum absolute atomic E-state index is 0. The maximum atomic E-state index is 13.4. The first kappa shape index (κ1) is 22.4. The first-order valence-electron chi connectivity index (χ1n) is 8.37. The van der Waals surface area contributed by atoms with Crippen molar-refractivity contribution in [2.45, 2.75) is 40.0 Å². The summed E-state index contributed by atoms with van der Waals surface area (Å²) in [5.41, 5.74) is 3.38. The van der Waals surface area contributed by atoms with Gasteiger partial charge < -0.3 is 15.7 Å². The molecule has 0 atom stereocenters. The Hall–Kier alpha value is -1.68. The molecule has 2 aromatic rings. The number of guanidine groups is 1. The zero-order valence-corrected chi connectivity index (χ0v) is 17.8. The number of aliphatic hydroxyl groups excluding tert-OH is 1. The maximum absolute atomic E-state index is 13.4. The highest BCUT2D eigenvalue weighted by Crippen LogP contribution is 2.10. The molecule has 0 saturated heterocycles. The van der Waals surface area contributed by atoms with Crippen LogP contribution in [0.1, 0.15) is 28.9 Å². The Kier molecular flexibility index (Phi) is 9.57. The van der Waals surface area contributed by atoms with E-state index in [0.29, 0.717) is 18.1 Å². The van der Waals surface area contributed by atoms with Crippen molar-refractivity contribution in [2.24, 2.45) is 4.99 Å². The molecule has 0 radical (unpaired) electrons. The molecule has 0 amide bonds. The molecule has 0 saturated carbocycles. The van der Waals surface area contributed by atoms with Crippen LogP contribution in [0.3, 0.4) is 0 Å². The first-order chi connectivity index (χ1) is 12.0. The number of hydrogen-bond donors (Lipinski definition) is 3. The number of nitrogens with one attached hydrogen (secondary N) is 2. The summed E-state index contributed by atoms with van der Waals surface area (Å²) >= 11 is 0. The highest BCUT2D eigenvalue weighted by atomic mass is 127. The summed E-state index contributed by atoms with van der Waals surface area (Å²) in [6, 6.07) is 6.78. The summed E-state index contributed by atoms with van der Waals surface area (Å²) in [5.74, 6) is 0.293. The average molecular weight is 475 g/mol. The highest BCUT2D eigenvalue weighted by Gasteiger charge is 2.04. The van der Waals surface area contributed by atoms with Crippen molar-refractivity contribution in [3.8, 4) is 0 Å². The summed E-state index contributed by atoms with van der Waals surface area (Å²) in [6.45, 7) is 5.86. The normalized spacial score (nSPS) is 11.2. The van der Waals surface area contributed by atoms with Crippen molar-refractivity contribution >= 4 is 29.9 Å². The Morgan fingerprint density at radius 3 is 2.65 bits per heavy atom. The molecule has 0 aliphatic heterocycles. The molecule has 2 rings (SSSR count). The fourth-order valence-electron chi connectivity index (χ4n) is 2.60. The third-order valence-electron chi connectivity index (χ3n) is 3.91. The molecule has 8 heteroatoms. The van der Waals surface area contributed by atoms with Crippen LogP contribution in [0, 0.1) is 19.7 Å². The van der Waals surface area contributed by atoms with E-state index in [2.05, 4.69) is 33.7 Å². The largest absolute Gasteiger partial charge is 0.392 e. The Balaban J connectivity index is 0.00000338. The highest BCUT2D eigenvalue weighted by molar-refractivity contribution is 14.0. The number of benzene rings is 1. The lowest BCUT2D eigenvalue weighted by Crippen LogP contribution is -2.37. The molecule has 26 heavy (non-hydrogen) atoms. The molecule has 0 aliphatic rings. The van der Waals surface area contributed by atoms with Crippen LogP contribution in [0.25, 0.3) is 0 Å². The van der Waals surface area contributed by atoms with Crippen molar-refractivity contribution in [2.75, 3.05) is 13.6 Å². The van der Waals surface area contributed by atoms with Gasteiger partial charge in [0.15, 0.2) is 5.96 Å². The SMILES string of the molecule is CN=C(NCCCn1nc(C)cc1C)NCc1ccc(F)c(CO)c1.I. The smallest absolute Gasteiger partial charge is 0.191 e. The number of aliphatic imine (C=N–C) groups is 1. The second-order valence-electron chi connectivity index (χ2n) is 5.94. The molecule has 3 N–H and O–H groups in total. The summed E-state index contributed by atoms with van der Waals surface area (Å²) < 4.78 is 15.4. The summed E-state index contributed by atoms with van der Waals surface area (Å²) in [6.07, 6.45) is 0.924. The minimum atomic E-state index is -0.391. The van der Waals surface area contributed by atoms with Crippen molar-refractivity contribution in [1.82, 2.24) is 20.4 Å². The fraction of sp³-hybridized carbons (Fsp3) is 0.444. The van der Waals surface area contributed by atoms with Gasteiger partial charge in [0.25, 0.3) is 0 Å². The predicted molar refractivity (Wildman–Crippen MR) is 112 cm³/mol. The molecule has 1 aromatic carbocycles. The maximum Gasteiger partial charge on any atom is 0.191 e. The van der Waals surface area contributed by atoms with Crippen LogP contribution in [-0.4, -0.2) is 34.4 Å². The Morgan fingerprint density at radius 2 is 2.04 bits per heavy atom. The lowest BCUT2D eigenvalue weighted by atomic mass is 10.1. The van der Waals surface area contributed by atoms with Crippen LogP contribution >= 0.6 is 24.0 Å². The van der Waals surface area contributed by atoms with Gasteiger partial charge in [0.1, 0.15) is 5.82 Å². The van der Waals surface area contributed by atoms with Gasteiger partial charge in [-0.1, -0.05) is 6.07 Å². The van der Waals surface area contributed by atoms with Gasteiger partial charge in [-0.25, -0.2) is 4.39 Å². The Labute approximate surface area is 170 Å². The van der Waals surface area contributed by atoms with Gasteiger partial charge in [-0.15, -0.1) is 24.0 Å². The molecule has 0 unspecified atom stereocenters. The monoisotopic (exact) mass is 475 g/mol. The van der Waals surface area contributed by atoms with Crippen LogP contribution in [0.2, 0.25) is 0 Å².